The van der Waals surface area contributed by atoms with Gasteiger partial charge >= 0.3 is 6.18 Å². The van der Waals surface area contributed by atoms with Crippen LogP contribution in [-0.4, -0.2) is 17.8 Å². The van der Waals surface area contributed by atoms with Gasteiger partial charge in [0.2, 0.25) is 0 Å². The third-order valence-corrected chi connectivity index (χ3v) is 1.93. The predicted molar refractivity (Wildman–Crippen MR) is 53.1 cm³/mol. The lowest BCUT2D eigenvalue weighted by Gasteiger charge is -2.12. The number of aryl methyl sites for hydroxylation is 1. The zero-order chi connectivity index (χ0) is 12.3. The number of pyridine rings is 1. The Labute approximate surface area is 91.4 Å². The van der Waals surface area contributed by atoms with Crippen LogP contribution in [0.3, 0.4) is 0 Å². The summed E-state index contributed by atoms with van der Waals surface area (Å²) < 4.78 is 40.2. The van der Waals surface area contributed by atoms with Crippen molar-refractivity contribution in [2.24, 2.45) is 5.73 Å². The first kappa shape index (κ1) is 12.8. The van der Waals surface area contributed by atoms with Crippen LogP contribution < -0.4 is 10.5 Å². The second-order valence-corrected chi connectivity index (χ2v) is 3.57. The molecule has 0 aliphatic carbocycles. The van der Waals surface area contributed by atoms with E-state index in [0.29, 0.717) is 5.69 Å². The molecule has 2 N–H and O–H groups in total. The Hall–Kier alpha value is -1.30. The van der Waals surface area contributed by atoms with Gasteiger partial charge in [-0.2, -0.15) is 13.2 Å². The average molecular weight is 234 g/mol. The number of nitrogens with zero attached hydrogens (tertiary/aromatic N) is 1. The summed E-state index contributed by atoms with van der Waals surface area (Å²) in [5.74, 6) is 0.0965. The summed E-state index contributed by atoms with van der Waals surface area (Å²) in [6.07, 6.45) is -3.09. The van der Waals surface area contributed by atoms with E-state index >= 15 is 0 Å². The highest BCUT2D eigenvalue weighted by Crippen LogP contribution is 2.21. The molecule has 0 aliphatic rings. The Bertz CT molecular complexity index is 364. The Balaban J connectivity index is 2.74. The van der Waals surface area contributed by atoms with Crippen LogP contribution in [-0.2, 0) is 0 Å². The minimum absolute atomic E-state index is 0.0965. The first-order valence-corrected chi connectivity index (χ1v) is 4.71. The highest BCUT2D eigenvalue weighted by Gasteiger charge is 2.28. The van der Waals surface area contributed by atoms with Crippen molar-refractivity contribution in [2.75, 3.05) is 6.61 Å². The standard InChI is InChI=1S/C10H13F3N2O/c1-6-3-8(16-5-10(11,12)13)4-15-9(6)7(2)14/h3-4,7H,5,14H2,1-2H3. The average Bonchev–Trinajstić information content (AvgIpc) is 2.13. The minimum atomic E-state index is -4.34. The lowest BCUT2D eigenvalue weighted by molar-refractivity contribution is -0.153. The van der Waals surface area contributed by atoms with Crippen LogP contribution in [0.25, 0.3) is 0 Å². The number of nitrogens with two attached hydrogens (primary N) is 1. The van der Waals surface area contributed by atoms with Crippen LogP contribution >= 0.6 is 0 Å². The van der Waals surface area contributed by atoms with Gasteiger partial charge in [-0.1, -0.05) is 0 Å². The Morgan fingerprint density at radius 2 is 2.12 bits per heavy atom. The maximum absolute atomic E-state index is 11.9. The molecule has 1 aromatic rings. The number of alkyl halides is 3. The number of halogens is 3. The van der Waals surface area contributed by atoms with Crippen molar-refractivity contribution in [3.8, 4) is 5.75 Å². The summed E-state index contributed by atoms with van der Waals surface area (Å²) in [7, 11) is 0. The van der Waals surface area contributed by atoms with Gasteiger partial charge in [-0.3, -0.25) is 4.98 Å². The van der Waals surface area contributed by atoms with Gasteiger partial charge in [-0.05, 0) is 25.5 Å². The summed E-state index contributed by atoms with van der Waals surface area (Å²) >= 11 is 0. The fourth-order valence-electron chi connectivity index (χ4n) is 1.28. The fourth-order valence-corrected chi connectivity index (χ4v) is 1.28. The van der Waals surface area contributed by atoms with Crippen LogP contribution in [0.1, 0.15) is 24.2 Å². The Kier molecular flexibility index (Phi) is 3.74. The van der Waals surface area contributed by atoms with Gasteiger partial charge in [0.15, 0.2) is 6.61 Å². The maximum atomic E-state index is 11.9. The smallest absolute Gasteiger partial charge is 0.422 e. The summed E-state index contributed by atoms with van der Waals surface area (Å²) in [6.45, 7) is 2.17. The third kappa shape index (κ3) is 3.69. The monoisotopic (exact) mass is 234 g/mol. The number of aromatic nitrogens is 1. The van der Waals surface area contributed by atoms with Crippen LogP contribution in [0.15, 0.2) is 12.3 Å². The van der Waals surface area contributed by atoms with E-state index in [9.17, 15) is 13.2 Å². The van der Waals surface area contributed by atoms with E-state index in [1.54, 1.807) is 13.8 Å². The van der Waals surface area contributed by atoms with Crippen LogP contribution in [0, 0.1) is 6.92 Å². The Morgan fingerprint density at radius 3 is 2.56 bits per heavy atom. The van der Waals surface area contributed by atoms with Crippen molar-refractivity contribution in [1.29, 1.82) is 0 Å². The SMILES string of the molecule is Cc1cc(OCC(F)(F)F)cnc1C(C)N. The molecule has 0 saturated heterocycles. The lowest BCUT2D eigenvalue weighted by Crippen LogP contribution is -2.19. The van der Waals surface area contributed by atoms with Crippen LogP contribution in [0.2, 0.25) is 0 Å². The first-order valence-electron chi connectivity index (χ1n) is 4.71. The topological polar surface area (TPSA) is 48.1 Å². The van der Waals surface area contributed by atoms with Crippen molar-refractivity contribution in [3.05, 3.63) is 23.5 Å². The highest BCUT2D eigenvalue weighted by atomic mass is 19.4. The molecule has 1 heterocycles. The van der Waals surface area contributed by atoms with E-state index in [-0.39, 0.29) is 11.8 Å². The molecule has 1 rings (SSSR count). The second-order valence-electron chi connectivity index (χ2n) is 3.57. The molecule has 16 heavy (non-hydrogen) atoms. The van der Waals surface area contributed by atoms with Gasteiger partial charge in [0.1, 0.15) is 5.75 Å². The van der Waals surface area contributed by atoms with Crippen LogP contribution in [0.4, 0.5) is 13.2 Å². The van der Waals surface area contributed by atoms with E-state index in [1.807, 2.05) is 0 Å². The molecule has 3 nitrogen and oxygen atoms in total. The molecule has 90 valence electrons. The third-order valence-electron chi connectivity index (χ3n) is 1.93. The largest absolute Gasteiger partial charge is 0.482 e. The van der Waals surface area contributed by atoms with Gasteiger partial charge in [0.25, 0.3) is 0 Å². The number of hydrogen-bond acceptors (Lipinski definition) is 3. The van der Waals surface area contributed by atoms with E-state index in [1.165, 1.54) is 12.3 Å². The zero-order valence-corrected chi connectivity index (χ0v) is 9.01. The van der Waals surface area contributed by atoms with Crippen molar-refractivity contribution in [3.63, 3.8) is 0 Å². The molecule has 0 radical (unpaired) electrons. The summed E-state index contributed by atoms with van der Waals surface area (Å²) in [5.41, 5.74) is 6.99. The van der Waals surface area contributed by atoms with Gasteiger partial charge in [-0.25, -0.2) is 0 Å². The quantitative estimate of drug-likeness (QED) is 0.873. The summed E-state index contributed by atoms with van der Waals surface area (Å²) in [6, 6.07) is 1.24. The van der Waals surface area contributed by atoms with Gasteiger partial charge in [0, 0.05) is 6.04 Å². The van der Waals surface area contributed by atoms with Gasteiger partial charge in [0.05, 0.1) is 11.9 Å². The summed E-state index contributed by atoms with van der Waals surface area (Å²) in [4.78, 5) is 3.96. The van der Waals surface area contributed by atoms with Gasteiger partial charge in [-0.15, -0.1) is 0 Å². The maximum Gasteiger partial charge on any atom is 0.422 e. The fraction of sp³-hybridized carbons (Fsp3) is 0.500. The molecular formula is C10H13F3N2O. The van der Waals surface area contributed by atoms with Crippen molar-refractivity contribution < 1.29 is 17.9 Å². The Morgan fingerprint density at radius 1 is 1.50 bits per heavy atom. The molecule has 1 aromatic heterocycles. The van der Waals surface area contributed by atoms with Gasteiger partial charge < -0.3 is 10.5 Å². The van der Waals surface area contributed by atoms with Crippen molar-refractivity contribution in [2.45, 2.75) is 26.1 Å². The minimum Gasteiger partial charge on any atom is -0.482 e. The molecule has 0 fully saturated rings. The van der Waals surface area contributed by atoms with Crippen molar-refractivity contribution in [1.82, 2.24) is 4.98 Å². The predicted octanol–water partition coefficient (Wildman–Crippen LogP) is 2.35. The van der Waals surface area contributed by atoms with E-state index in [0.717, 1.165) is 5.56 Å². The molecule has 1 unspecified atom stereocenters. The van der Waals surface area contributed by atoms with E-state index < -0.39 is 12.8 Å². The molecule has 0 bridgehead atoms. The zero-order valence-electron chi connectivity index (χ0n) is 9.01. The molecule has 6 heteroatoms. The molecule has 0 amide bonds. The molecule has 0 saturated carbocycles. The van der Waals surface area contributed by atoms with Crippen molar-refractivity contribution >= 4 is 0 Å². The lowest BCUT2D eigenvalue weighted by atomic mass is 10.1. The molecule has 0 spiro atoms. The molecule has 0 aromatic carbocycles. The summed E-state index contributed by atoms with van der Waals surface area (Å²) in [5, 5.41) is 0. The molecule has 1 atom stereocenters. The molecular weight excluding hydrogens is 221 g/mol. The molecule has 0 aliphatic heterocycles. The van der Waals surface area contributed by atoms with Crippen LogP contribution in [0.5, 0.6) is 5.75 Å². The van der Waals surface area contributed by atoms with E-state index in [2.05, 4.69) is 9.72 Å². The number of ether oxygens (including phenoxy) is 1. The number of hydrogen-bond donors (Lipinski definition) is 1. The second kappa shape index (κ2) is 4.69. The number of rotatable bonds is 3. The highest BCUT2D eigenvalue weighted by molar-refractivity contribution is 5.29. The first-order chi connectivity index (χ1) is 7.29. The van der Waals surface area contributed by atoms with E-state index in [4.69, 9.17) is 5.73 Å². The normalized spacial score (nSPS) is 13.6.